The van der Waals surface area contributed by atoms with E-state index < -0.39 is 0 Å². The molecule has 0 unspecified atom stereocenters. The van der Waals surface area contributed by atoms with Gasteiger partial charge in [0.15, 0.2) is 5.78 Å². The first-order valence-electron chi connectivity index (χ1n) is 6.97. The number of anilines is 1. The predicted octanol–water partition coefficient (Wildman–Crippen LogP) is 2.74. The van der Waals surface area contributed by atoms with Crippen molar-refractivity contribution in [3.63, 3.8) is 0 Å². The molecule has 0 saturated carbocycles. The molecule has 2 rings (SSSR count). The summed E-state index contributed by atoms with van der Waals surface area (Å²) in [6.07, 6.45) is 0.569. The van der Waals surface area contributed by atoms with Crippen molar-refractivity contribution in [1.82, 2.24) is 4.90 Å². The summed E-state index contributed by atoms with van der Waals surface area (Å²) < 4.78 is 0. The predicted molar refractivity (Wildman–Crippen MR) is 83.3 cm³/mol. The van der Waals surface area contributed by atoms with Crippen LogP contribution in [0, 0.1) is 0 Å². The van der Waals surface area contributed by atoms with Crippen molar-refractivity contribution >= 4 is 23.2 Å². The van der Waals surface area contributed by atoms with Gasteiger partial charge < -0.3 is 5.32 Å². The number of hydrogen-bond acceptors (Lipinski definition) is 4. The van der Waals surface area contributed by atoms with Gasteiger partial charge in [-0.05, 0) is 24.3 Å². The number of hydrogen-bond donors (Lipinski definition) is 1. The lowest BCUT2D eigenvalue weighted by Gasteiger charge is -2.26. The summed E-state index contributed by atoms with van der Waals surface area (Å²) in [6, 6.07) is 7.81. The van der Waals surface area contributed by atoms with Gasteiger partial charge in [0.2, 0.25) is 0 Å². The summed E-state index contributed by atoms with van der Waals surface area (Å²) in [7, 11) is 0. The fourth-order valence-corrected chi connectivity index (χ4v) is 3.14. The first-order valence-corrected chi connectivity index (χ1v) is 8.12. The van der Waals surface area contributed by atoms with Crippen LogP contribution in [-0.2, 0) is 0 Å². The van der Waals surface area contributed by atoms with Gasteiger partial charge in [0.1, 0.15) is 0 Å². The highest BCUT2D eigenvalue weighted by Gasteiger charge is 2.09. The quantitative estimate of drug-likeness (QED) is 0.811. The van der Waals surface area contributed by atoms with E-state index >= 15 is 0 Å². The minimum Gasteiger partial charge on any atom is -0.384 e. The zero-order valence-corrected chi connectivity index (χ0v) is 12.3. The lowest BCUT2D eigenvalue weighted by molar-refractivity contribution is 0.0988. The van der Waals surface area contributed by atoms with Crippen LogP contribution in [0.4, 0.5) is 5.69 Å². The summed E-state index contributed by atoms with van der Waals surface area (Å²) in [5, 5.41) is 3.42. The van der Waals surface area contributed by atoms with E-state index in [2.05, 4.69) is 10.2 Å². The zero-order valence-electron chi connectivity index (χ0n) is 11.5. The Balaban J connectivity index is 1.75. The molecule has 1 N–H and O–H groups in total. The van der Waals surface area contributed by atoms with Gasteiger partial charge in [0.25, 0.3) is 0 Å². The van der Waals surface area contributed by atoms with Crippen molar-refractivity contribution in [3.8, 4) is 0 Å². The minimum atomic E-state index is 0.206. The van der Waals surface area contributed by atoms with Gasteiger partial charge in [-0.1, -0.05) is 6.92 Å². The van der Waals surface area contributed by atoms with Gasteiger partial charge >= 0.3 is 0 Å². The topological polar surface area (TPSA) is 32.3 Å². The van der Waals surface area contributed by atoms with E-state index in [0.29, 0.717) is 6.42 Å². The van der Waals surface area contributed by atoms with E-state index in [0.717, 1.165) is 24.3 Å². The van der Waals surface area contributed by atoms with E-state index in [1.54, 1.807) is 0 Å². The average Bonchev–Trinajstić information content (AvgIpc) is 2.48. The summed E-state index contributed by atoms with van der Waals surface area (Å²) in [6.45, 7) is 6.36. The van der Waals surface area contributed by atoms with Crippen molar-refractivity contribution in [2.24, 2.45) is 0 Å². The Labute approximate surface area is 119 Å². The SMILES string of the molecule is CCC(=O)c1ccc(NCCN2CCSCC2)cc1. The van der Waals surface area contributed by atoms with Gasteiger partial charge in [-0.2, -0.15) is 11.8 Å². The molecule has 0 spiro atoms. The molecule has 1 heterocycles. The van der Waals surface area contributed by atoms with Crippen LogP contribution in [0.1, 0.15) is 23.7 Å². The van der Waals surface area contributed by atoms with Crippen LogP contribution in [0.15, 0.2) is 24.3 Å². The number of nitrogens with one attached hydrogen (secondary N) is 1. The lowest BCUT2D eigenvalue weighted by Crippen LogP contribution is -2.36. The molecule has 1 aromatic carbocycles. The van der Waals surface area contributed by atoms with Crippen molar-refractivity contribution in [3.05, 3.63) is 29.8 Å². The van der Waals surface area contributed by atoms with E-state index in [1.165, 1.54) is 24.6 Å². The molecule has 0 bridgehead atoms. The van der Waals surface area contributed by atoms with E-state index in [-0.39, 0.29) is 5.78 Å². The van der Waals surface area contributed by atoms with Crippen LogP contribution in [0.5, 0.6) is 0 Å². The fourth-order valence-electron chi connectivity index (χ4n) is 2.16. The third-order valence-corrected chi connectivity index (χ3v) is 4.33. The maximum absolute atomic E-state index is 11.5. The molecule has 1 aliphatic rings. The summed E-state index contributed by atoms with van der Waals surface area (Å²) >= 11 is 2.04. The van der Waals surface area contributed by atoms with Gasteiger partial charge in [-0.15, -0.1) is 0 Å². The Morgan fingerprint density at radius 1 is 1.26 bits per heavy atom. The molecule has 104 valence electrons. The van der Waals surface area contributed by atoms with E-state index in [9.17, 15) is 4.79 Å². The number of rotatable bonds is 6. The lowest BCUT2D eigenvalue weighted by atomic mass is 10.1. The maximum atomic E-state index is 11.5. The molecule has 0 aliphatic carbocycles. The van der Waals surface area contributed by atoms with Crippen LogP contribution in [0.3, 0.4) is 0 Å². The Bertz CT molecular complexity index is 399. The number of carbonyl (C=O) groups excluding carboxylic acids is 1. The number of thioether (sulfide) groups is 1. The Hall–Kier alpha value is -1.00. The molecule has 4 heteroatoms. The standard InChI is InChI=1S/C15H22N2OS/c1-2-15(18)13-3-5-14(6-4-13)16-7-8-17-9-11-19-12-10-17/h3-6,16H,2,7-12H2,1H3. The first kappa shape index (κ1) is 14.4. The third kappa shape index (κ3) is 4.55. The number of Topliss-reactive ketones (excluding diaryl/α,β-unsaturated/α-hetero) is 1. The van der Waals surface area contributed by atoms with E-state index in [4.69, 9.17) is 0 Å². The van der Waals surface area contributed by atoms with Crippen molar-refractivity contribution in [2.45, 2.75) is 13.3 Å². The van der Waals surface area contributed by atoms with Crippen LogP contribution >= 0.6 is 11.8 Å². The molecule has 1 aromatic rings. The zero-order chi connectivity index (χ0) is 13.5. The van der Waals surface area contributed by atoms with E-state index in [1.807, 2.05) is 43.0 Å². The highest BCUT2D eigenvalue weighted by atomic mass is 32.2. The smallest absolute Gasteiger partial charge is 0.162 e. The van der Waals surface area contributed by atoms with Gasteiger partial charge in [-0.25, -0.2) is 0 Å². The molecule has 3 nitrogen and oxygen atoms in total. The Morgan fingerprint density at radius 3 is 2.58 bits per heavy atom. The molecule has 0 aromatic heterocycles. The number of benzene rings is 1. The molecule has 0 radical (unpaired) electrons. The average molecular weight is 278 g/mol. The summed E-state index contributed by atoms with van der Waals surface area (Å²) in [4.78, 5) is 14.0. The monoisotopic (exact) mass is 278 g/mol. The number of carbonyl (C=O) groups is 1. The number of nitrogens with zero attached hydrogens (tertiary/aromatic N) is 1. The summed E-state index contributed by atoms with van der Waals surface area (Å²) in [5.74, 6) is 2.72. The molecule has 1 saturated heterocycles. The molecule has 1 aliphatic heterocycles. The molecule has 1 fully saturated rings. The van der Waals surface area contributed by atoms with Gasteiger partial charge in [-0.3, -0.25) is 9.69 Å². The number of ketones is 1. The van der Waals surface area contributed by atoms with Crippen LogP contribution < -0.4 is 5.32 Å². The van der Waals surface area contributed by atoms with Gasteiger partial charge in [0.05, 0.1) is 0 Å². The second-order valence-electron chi connectivity index (χ2n) is 4.73. The highest BCUT2D eigenvalue weighted by Crippen LogP contribution is 2.12. The largest absolute Gasteiger partial charge is 0.384 e. The van der Waals surface area contributed by atoms with Crippen LogP contribution in [0.2, 0.25) is 0 Å². The second kappa shape index (κ2) is 7.56. The fraction of sp³-hybridized carbons (Fsp3) is 0.533. The first-order chi connectivity index (χ1) is 9.29. The minimum absolute atomic E-state index is 0.206. The summed E-state index contributed by atoms with van der Waals surface area (Å²) in [5.41, 5.74) is 1.90. The van der Waals surface area contributed by atoms with Crippen molar-refractivity contribution in [2.75, 3.05) is 43.0 Å². The van der Waals surface area contributed by atoms with Crippen molar-refractivity contribution < 1.29 is 4.79 Å². The maximum Gasteiger partial charge on any atom is 0.162 e. The molecule has 0 amide bonds. The van der Waals surface area contributed by atoms with Crippen molar-refractivity contribution in [1.29, 1.82) is 0 Å². The molecular weight excluding hydrogens is 256 g/mol. The van der Waals surface area contributed by atoms with Crippen LogP contribution in [0.25, 0.3) is 0 Å². The molecule has 0 atom stereocenters. The normalized spacial score (nSPS) is 16.3. The molecular formula is C15H22N2OS. The Morgan fingerprint density at radius 2 is 1.95 bits per heavy atom. The Kier molecular flexibility index (Phi) is 5.73. The van der Waals surface area contributed by atoms with Crippen LogP contribution in [-0.4, -0.2) is 48.4 Å². The third-order valence-electron chi connectivity index (χ3n) is 3.39. The second-order valence-corrected chi connectivity index (χ2v) is 5.96. The van der Waals surface area contributed by atoms with Gasteiger partial charge in [0, 0.05) is 55.4 Å². The highest BCUT2D eigenvalue weighted by molar-refractivity contribution is 7.99. The molecule has 19 heavy (non-hydrogen) atoms.